The first-order chi connectivity index (χ1) is 21.9. The van der Waals surface area contributed by atoms with Crippen molar-refractivity contribution in [1.29, 1.82) is 0 Å². The average molecular weight is 649 g/mol. The number of hydrogen-bond acceptors (Lipinski definition) is 6. The fourth-order valence-electron chi connectivity index (χ4n) is 5.92. The van der Waals surface area contributed by atoms with Crippen molar-refractivity contribution < 1.29 is 28.7 Å². The van der Waals surface area contributed by atoms with Crippen molar-refractivity contribution in [2.45, 2.75) is 73.1 Å². The Morgan fingerprint density at radius 1 is 0.783 bits per heavy atom. The SMILES string of the molecule is CCC1=C(C)C(/C=c2\[nH]/c(=C\c3[nH]c(/C=C4\NC(=O)C(C)=C4CCC(=O)OC)c(CCC(=O)OC)c3C)c(C)c2CCCl)=NC1=O. The highest BCUT2D eigenvalue weighted by molar-refractivity contribution is 6.30. The van der Waals surface area contributed by atoms with Crippen molar-refractivity contribution >= 4 is 59.3 Å². The molecule has 0 unspecified atom stereocenters. The first-order valence-electron chi connectivity index (χ1n) is 15.3. The minimum atomic E-state index is -0.361. The lowest BCUT2D eigenvalue weighted by Gasteiger charge is -2.07. The van der Waals surface area contributed by atoms with Crippen LogP contribution in [0.15, 0.2) is 33.0 Å². The lowest BCUT2D eigenvalue weighted by Crippen LogP contribution is -2.15. The molecule has 0 atom stereocenters. The predicted octanol–water partition coefficient (Wildman–Crippen LogP) is 3.90. The molecule has 3 N–H and O–H groups in total. The second-order valence-electron chi connectivity index (χ2n) is 11.4. The van der Waals surface area contributed by atoms with Gasteiger partial charge in [-0.05, 0) is 105 Å². The van der Waals surface area contributed by atoms with Crippen LogP contribution < -0.4 is 16.0 Å². The minimum absolute atomic E-state index is 0.138. The smallest absolute Gasteiger partial charge is 0.305 e. The van der Waals surface area contributed by atoms with E-state index >= 15 is 0 Å². The summed E-state index contributed by atoms with van der Waals surface area (Å²) >= 11 is 6.21. The molecule has 2 aliphatic heterocycles. The van der Waals surface area contributed by atoms with Crippen molar-refractivity contribution in [1.82, 2.24) is 15.3 Å². The number of alkyl halides is 1. The Morgan fingerprint density at radius 2 is 1.46 bits per heavy atom. The molecule has 0 radical (unpaired) electrons. The van der Waals surface area contributed by atoms with Crippen LogP contribution in [-0.4, -0.2) is 59.5 Å². The normalized spacial score (nSPS) is 16.7. The third-order valence-electron chi connectivity index (χ3n) is 8.76. The van der Waals surface area contributed by atoms with Gasteiger partial charge < -0.3 is 24.8 Å². The summed E-state index contributed by atoms with van der Waals surface area (Å²) in [7, 11) is 2.69. The van der Waals surface area contributed by atoms with Gasteiger partial charge in [0.15, 0.2) is 0 Å². The molecule has 0 fully saturated rings. The zero-order valence-electron chi connectivity index (χ0n) is 27.5. The highest BCUT2D eigenvalue weighted by atomic mass is 35.5. The van der Waals surface area contributed by atoms with E-state index in [0.29, 0.717) is 48.5 Å². The highest BCUT2D eigenvalue weighted by Crippen LogP contribution is 2.30. The number of nitrogens with one attached hydrogen (secondary N) is 3. The Hall–Kier alpha value is -4.44. The Balaban J connectivity index is 1.84. The van der Waals surface area contributed by atoms with Gasteiger partial charge in [0.1, 0.15) is 0 Å². The number of esters is 2. The number of halogens is 1. The van der Waals surface area contributed by atoms with E-state index in [9.17, 15) is 19.2 Å². The fourth-order valence-corrected chi connectivity index (χ4v) is 6.11. The standard InChI is InChI=1S/C35H41ClN4O6/c1-8-22-18(2)28(39-35(22)44)16-29-25(13-14-36)20(4)27(37-29)15-26-19(3)23(9-11-32(41)45-6)30(38-26)17-31-24(10-12-33(42)46-7)21(5)34(43)40-31/h15-17,37-38H,8-14H2,1-7H3,(H,40,43)/b27-15-,29-16-,31-17-. The Bertz CT molecular complexity index is 1850. The van der Waals surface area contributed by atoms with Gasteiger partial charge in [-0.2, -0.15) is 0 Å². The number of nitrogens with zero attached hydrogens (tertiary/aromatic N) is 1. The van der Waals surface area contributed by atoms with Gasteiger partial charge in [0.25, 0.3) is 11.8 Å². The van der Waals surface area contributed by atoms with Crippen LogP contribution in [0.2, 0.25) is 0 Å². The second-order valence-corrected chi connectivity index (χ2v) is 11.7. The number of hydrogen-bond donors (Lipinski definition) is 3. The van der Waals surface area contributed by atoms with Crippen LogP contribution in [-0.2, 0) is 41.5 Å². The maximum Gasteiger partial charge on any atom is 0.305 e. The van der Waals surface area contributed by atoms with Gasteiger partial charge in [0.05, 0.1) is 19.9 Å². The van der Waals surface area contributed by atoms with Crippen molar-refractivity contribution in [2.75, 3.05) is 20.1 Å². The van der Waals surface area contributed by atoms with Crippen LogP contribution in [0.5, 0.6) is 0 Å². The summed E-state index contributed by atoms with van der Waals surface area (Å²) in [6.07, 6.45) is 8.09. The molecule has 10 nitrogen and oxygen atoms in total. The molecule has 244 valence electrons. The van der Waals surface area contributed by atoms with Crippen molar-refractivity contribution in [3.05, 3.63) is 72.3 Å². The van der Waals surface area contributed by atoms with E-state index in [1.807, 2.05) is 45.9 Å². The molecule has 0 saturated carbocycles. The second kappa shape index (κ2) is 14.8. The molecule has 0 bridgehead atoms. The summed E-state index contributed by atoms with van der Waals surface area (Å²) in [4.78, 5) is 60.3. The van der Waals surface area contributed by atoms with Gasteiger partial charge >= 0.3 is 11.9 Å². The summed E-state index contributed by atoms with van der Waals surface area (Å²) in [5.74, 6) is -0.684. The van der Waals surface area contributed by atoms with Crippen LogP contribution >= 0.6 is 11.6 Å². The number of amides is 2. The lowest BCUT2D eigenvalue weighted by molar-refractivity contribution is -0.141. The first kappa shape index (κ1) is 34.4. The molecule has 0 aromatic carbocycles. The van der Waals surface area contributed by atoms with Crippen LogP contribution in [0, 0.1) is 13.8 Å². The van der Waals surface area contributed by atoms with Crippen LogP contribution in [0.4, 0.5) is 0 Å². The monoisotopic (exact) mass is 648 g/mol. The lowest BCUT2D eigenvalue weighted by atomic mass is 10.0. The van der Waals surface area contributed by atoms with E-state index in [-0.39, 0.29) is 36.6 Å². The highest BCUT2D eigenvalue weighted by Gasteiger charge is 2.26. The topological polar surface area (TPSA) is 143 Å². The minimum Gasteiger partial charge on any atom is -0.469 e. The van der Waals surface area contributed by atoms with Crippen LogP contribution in [0.25, 0.3) is 18.2 Å². The van der Waals surface area contributed by atoms with E-state index in [0.717, 1.165) is 61.1 Å². The maximum absolute atomic E-state index is 12.6. The van der Waals surface area contributed by atoms with E-state index in [4.69, 9.17) is 21.1 Å². The van der Waals surface area contributed by atoms with Gasteiger partial charge in [-0.3, -0.25) is 19.2 Å². The molecule has 4 heterocycles. The number of carbonyl (C=O) groups is 4. The number of carbonyl (C=O) groups excluding carboxylic acids is 4. The molecule has 2 aliphatic rings. The van der Waals surface area contributed by atoms with E-state index in [2.05, 4.69) is 20.3 Å². The number of H-pyrrole nitrogens is 2. The Morgan fingerprint density at radius 3 is 2.07 bits per heavy atom. The zero-order chi connectivity index (χ0) is 33.7. The van der Waals surface area contributed by atoms with Crippen LogP contribution in [0.1, 0.15) is 80.1 Å². The van der Waals surface area contributed by atoms with Gasteiger partial charge in [0.2, 0.25) is 0 Å². The largest absolute Gasteiger partial charge is 0.469 e. The molecule has 0 aliphatic carbocycles. The zero-order valence-corrected chi connectivity index (χ0v) is 28.2. The molecule has 2 amide bonds. The molecule has 46 heavy (non-hydrogen) atoms. The number of ether oxygens (including phenoxy) is 2. The third-order valence-corrected chi connectivity index (χ3v) is 8.94. The molecule has 2 aromatic heterocycles. The quantitative estimate of drug-likeness (QED) is 0.235. The predicted molar refractivity (Wildman–Crippen MR) is 179 cm³/mol. The van der Waals surface area contributed by atoms with E-state index < -0.39 is 0 Å². The molecular weight excluding hydrogens is 608 g/mol. The van der Waals surface area contributed by atoms with Crippen molar-refractivity contribution in [3.63, 3.8) is 0 Å². The maximum atomic E-state index is 12.6. The van der Waals surface area contributed by atoms with Gasteiger partial charge in [-0.15, -0.1) is 11.6 Å². The number of rotatable bonds is 12. The fraction of sp³-hybridized carbons (Fsp3) is 0.400. The Kier molecular flexibility index (Phi) is 11.1. The molecule has 4 rings (SSSR count). The van der Waals surface area contributed by atoms with E-state index in [1.54, 1.807) is 6.92 Å². The van der Waals surface area contributed by atoms with Gasteiger partial charge in [-0.1, -0.05) is 6.92 Å². The number of aromatic nitrogens is 2. The molecule has 2 aromatic rings. The van der Waals surface area contributed by atoms with Gasteiger partial charge in [-0.25, -0.2) is 4.99 Å². The molecule has 11 heteroatoms. The first-order valence-corrected chi connectivity index (χ1v) is 15.9. The number of methoxy groups -OCH3 is 2. The summed E-state index contributed by atoms with van der Waals surface area (Å²) in [5.41, 5.74) is 9.57. The van der Waals surface area contributed by atoms with Crippen LogP contribution in [0.3, 0.4) is 0 Å². The third kappa shape index (κ3) is 7.17. The number of allylic oxidation sites excluding steroid dienone is 2. The number of aliphatic imine (C=N–C) groups is 1. The van der Waals surface area contributed by atoms with E-state index in [1.165, 1.54) is 14.2 Å². The summed E-state index contributed by atoms with van der Waals surface area (Å²) in [5, 5.41) is 4.62. The average Bonchev–Trinajstić information content (AvgIpc) is 3.68. The van der Waals surface area contributed by atoms with Crippen molar-refractivity contribution in [2.24, 2.45) is 4.99 Å². The number of aromatic amines is 2. The van der Waals surface area contributed by atoms with Gasteiger partial charge in [0, 0.05) is 57.7 Å². The van der Waals surface area contributed by atoms with Crippen molar-refractivity contribution in [3.8, 4) is 0 Å². The molecular formula is C35H41ClN4O6. The molecule has 0 spiro atoms. The molecule has 0 saturated heterocycles. The Labute approximate surface area is 273 Å². The summed E-state index contributed by atoms with van der Waals surface area (Å²) in [6, 6.07) is 0. The summed E-state index contributed by atoms with van der Waals surface area (Å²) < 4.78 is 9.70. The summed E-state index contributed by atoms with van der Waals surface area (Å²) in [6.45, 7) is 9.60.